The van der Waals surface area contributed by atoms with Crippen LogP contribution in [0, 0.1) is 20.8 Å². The normalized spacial score (nSPS) is 11.4. The predicted octanol–water partition coefficient (Wildman–Crippen LogP) is 6.30. The molecule has 1 amide bonds. The summed E-state index contributed by atoms with van der Waals surface area (Å²) < 4.78 is 6.68. The lowest BCUT2D eigenvalue weighted by molar-refractivity contribution is -0.111. The Morgan fingerprint density at radius 1 is 1.05 bits per heavy atom. The molecule has 0 unspecified atom stereocenters. The highest BCUT2D eigenvalue weighted by molar-refractivity contribution is 6.06. The summed E-state index contributed by atoms with van der Waals surface area (Å²) in [6.07, 6.45) is 4.56. The monoisotopic (exact) mass is 496 g/mol. The van der Waals surface area contributed by atoms with Crippen LogP contribution in [0.4, 0.5) is 5.82 Å². The van der Waals surface area contributed by atoms with Crippen LogP contribution in [0.5, 0.6) is 0 Å². The van der Waals surface area contributed by atoms with Crippen molar-refractivity contribution in [3.05, 3.63) is 88.1 Å². The molecule has 2 heterocycles. The zero-order chi connectivity index (χ0) is 26.7. The van der Waals surface area contributed by atoms with Crippen LogP contribution in [0.2, 0.25) is 0 Å². The SMILES string of the molecule is CCOC(=O)c1cnn(-c2cc(C)c3cc(C)cc(C)c3n2)c1NC(=O)/C=C/c1ccc(C(C)C)cc1. The van der Waals surface area contributed by atoms with Crippen LogP contribution in [0.25, 0.3) is 22.8 Å². The van der Waals surface area contributed by atoms with E-state index in [1.54, 1.807) is 13.0 Å². The van der Waals surface area contributed by atoms with E-state index in [9.17, 15) is 9.59 Å². The summed E-state index contributed by atoms with van der Waals surface area (Å²) >= 11 is 0. The molecule has 0 fully saturated rings. The summed E-state index contributed by atoms with van der Waals surface area (Å²) in [5.41, 5.74) is 6.34. The third-order valence-electron chi connectivity index (χ3n) is 6.20. The molecule has 0 saturated carbocycles. The van der Waals surface area contributed by atoms with Gasteiger partial charge in [0, 0.05) is 11.5 Å². The lowest BCUT2D eigenvalue weighted by Crippen LogP contribution is -2.16. The maximum atomic E-state index is 12.9. The molecule has 0 saturated heterocycles. The van der Waals surface area contributed by atoms with E-state index >= 15 is 0 Å². The second-order valence-corrected chi connectivity index (χ2v) is 9.46. The fourth-order valence-electron chi connectivity index (χ4n) is 4.26. The van der Waals surface area contributed by atoms with Gasteiger partial charge in [-0.2, -0.15) is 9.78 Å². The van der Waals surface area contributed by atoms with Gasteiger partial charge in [0.25, 0.3) is 0 Å². The molecule has 0 radical (unpaired) electrons. The summed E-state index contributed by atoms with van der Waals surface area (Å²) in [6, 6.07) is 14.1. The third kappa shape index (κ3) is 5.61. The highest BCUT2D eigenvalue weighted by atomic mass is 16.5. The molecule has 0 atom stereocenters. The Hall–Kier alpha value is -4.26. The number of esters is 1. The number of nitrogens with one attached hydrogen (secondary N) is 1. The molecule has 0 aliphatic heterocycles. The molecule has 4 aromatic rings. The maximum Gasteiger partial charge on any atom is 0.343 e. The first-order valence-corrected chi connectivity index (χ1v) is 12.4. The number of fused-ring (bicyclic) bond motifs is 1. The first-order valence-electron chi connectivity index (χ1n) is 12.4. The summed E-state index contributed by atoms with van der Waals surface area (Å²) in [7, 11) is 0. The van der Waals surface area contributed by atoms with Crippen molar-refractivity contribution in [1.29, 1.82) is 0 Å². The zero-order valence-electron chi connectivity index (χ0n) is 22.1. The van der Waals surface area contributed by atoms with Crippen LogP contribution in [-0.2, 0) is 9.53 Å². The van der Waals surface area contributed by atoms with Gasteiger partial charge in [-0.05, 0) is 74.1 Å². The fourth-order valence-corrected chi connectivity index (χ4v) is 4.26. The molecule has 2 aromatic carbocycles. The average Bonchev–Trinajstić information content (AvgIpc) is 3.27. The van der Waals surface area contributed by atoms with Gasteiger partial charge in [-0.25, -0.2) is 9.78 Å². The average molecular weight is 497 g/mol. The number of carbonyl (C=O) groups is 2. The topological polar surface area (TPSA) is 86.1 Å². The number of hydrogen-bond donors (Lipinski definition) is 1. The van der Waals surface area contributed by atoms with E-state index in [1.807, 2.05) is 44.2 Å². The number of amides is 1. The van der Waals surface area contributed by atoms with Crippen LogP contribution in [0.1, 0.15) is 64.9 Å². The summed E-state index contributed by atoms with van der Waals surface area (Å²) in [6.45, 7) is 12.3. The van der Waals surface area contributed by atoms with Crippen molar-refractivity contribution in [3.63, 3.8) is 0 Å². The number of pyridine rings is 1. The molecule has 0 aliphatic carbocycles. The zero-order valence-corrected chi connectivity index (χ0v) is 22.1. The lowest BCUT2D eigenvalue weighted by Gasteiger charge is -2.13. The van der Waals surface area contributed by atoms with Crippen molar-refractivity contribution in [2.24, 2.45) is 0 Å². The molecule has 0 bridgehead atoms. The summed E-state index contributed by atoms with van der Waals surface area (Å²) in [5, 5.41) is 8.27. The number of aromatic nitrogens is 3. The lowest BCUT2D eigenvalue weighted by atomic mass is 10.0. The van der Waals surface area contributed by atoms with Gasteiger partial charge in [-0.3, -0.25) is 4.79 Å². The van der Waals surface area contributed by atoms with Gasteiger partial charge in [-0.15, -0.1) is 0 Å². The Kier molecular flexibility index (Phi) is 7.53. The number of hydrogen-bond acceptors (Lipinski definition) is 5. The van der Waals surface area contributed by atoms with Gasteiger partial charge in [-0.1, -0.05) is 49.7 Å². The van der Waals surface area contributed by atoms with Gasteiger partial charge < -0.3 is 10.1 Å². The highest BCUT2D eigenvalue weighted by Crippen LogP contribution is 2.27. The van der Waals surface area contributed by atoms with Gasteiger partial charge >= 0.3 is 5.97 Å². The molecule has 4 rings (SSSR count). The Morgan fingerprint density at radius 2 is 1.78 bits per heavy atom. The van der Waals surface area contributed by atoms with Crippen LogP contribution in [-0.4, -0.2) is 33.2 Å². The van der Waals surface area contributed by atoms with Crippen LogP contribution < -0.4 is 5.32 Å². The second-order valence-electron chi connectivity index (χ2n) is 9.46. The van der Waals surface area contributed by atoms with Gasteiger partial charge in [0.05, 0.1) is 18.3 Å². The molecular formula is C30H32N4O3. The summed E-state index contributed by atoms with van der Waals surface area (Å²) in [4.78, 5) is 30.4. The molecule has 7 nitrogen and oxygen atoms in total. The number of anilines is 1. The Labute approximate surface area is 217 Å². The molecular weight excluding hydrogens is 464 g/mol. The number of benzene rings is 2. The van der Waals surface area contributed by atoms with Gasteiger partial charge in [0.2, 0.25) is 5.91 Å². The molecule has 2 aromatic heterocycles. The first kappa shape index (κ1) is 25.8. The first-order chi connectivity index (χ1) is 17.7. The van der Waals surface area contributed by atoms with E-state index in [0.29, 0.717) is 11.7 Å². The molecule has 0 aliphatic rings. The van der Waals surface area contributed by atoms with Crippen LogP contribution in [0.3, 0.4) is 0 Å². The van der Waals surface area contributed by atoms with E-state index in [2.05, 4.69) is 43.3 Å². The Balaban J connectivity index is 1.71. The standard InChI is InChI=1S/C30H32N4O3/c1-7-37-30(36)25-17-31-34(26-16-20(5)24-15-19(4)14-21(6)28(24)32-26)29(25)33-27(35)13-10-22-8-11-23(12-9-22)18(2)3/h8-18H,7H2,1-6H3,(H,33,35)/b13-10+. The van der Waals surface area contributed by atoms with Crippen molar-refractivity contribution in [2.75, 3.05) is 11.9 Å². The molecule has 7 heteroatoms. The van der Waals surface area contributed by atoms with Crippen molar-refractivity contribution < 1.29 is 14.3 Å². The van der Waals surface area contributed by atoms with Crippen LogP contribution >= 0.6 is 0 Å². The number of aryl methyl sites for hydroxylation is 3. The largest absolute Gasteiger partial charge is 0.462 e. The van der Waals surface area contributed by atoms with E-state index in [-0.39, 0.29) is 18.0 Å². The van der Waals surface area contributed by atoms with E-state index in [1.165, 1.54) is 22.5 Å². The quantitative estimate of drug-likeness (QED) is 0.240. The van der Waals surface area contributed by atoms with Crippen molar-refractivity contribution in [3.8, 4) is 5.82 Å². The third-order valence-corrected chi connectivity index (χ3v) is 6.20. The number of carbonyl (C=O) groups excluding carboxylic acids is 2. The van der Waals surface area contributed by atoms with E-state index in [4.69, 9.17) is 9.72 Å². The maximum absolute atomic E-state index is 12.9. The molecule has 190 valence electrons. The van der Waals surface area contributed by atoms with Gasteiger partial charge in [0.1, 0.15) is 5.56 Å². The Bertz CT molecular complexity index is 1500. The van der Waals surface area contributed by atoms with E-state index < -0.39 is 11.9 Å². The fraction of sp³-hybridized carbons (Fsp3) is 0.267. The van der Waals surface area contributed by atoms with E-state index in [0.717, 1.165) is 33.2 Å². The highest BCUT2D eigenvalue weighted by Gasteiger charge is 2.22. The van der Waals surface area contributed by atoms with Crippen molar-refractivity contribution in [2.45, 2.75) is 47.5 Å². The smallest absolute Gasteiger partial charge is 0.343 e. The van der Waals surface area contributed by atoms with Crippen molar-refractivity contribution >= 4 is 34.7 Å². The number of nitrogens with zero attached hydrogens (tertiary/aromatic N) is 3. The van der Waals surface area contributed by atoms with Crippen molar-refractivity contribution in [1.82, 2.24) is 14.8 Å². The summed E-state index contributed by atoms with van der Waals surface area (Å²) in [5.74, 6) is 0.171. The Morgan fingerprint density at radius 3 is 2.46 bits per heavy atom. The minimum absolute atomic E-state index is 0.157. The van der Waals surface area contributed by atoms with Gasteiger partial charge in [0.15, 0.2) is 11.6 Å². The predicted molar refractivity (Wildman–Crippen MR) is 147 cm³/mol. The minimum Gasteiger partial charge on any atom is -0.462 e. The number of rotatable bonds is 7. The molecule has 1 N–H and O–H groups in total. The second kappa shape index (κ2) is 10.8. The minimum atomic E-state index is -0.568. The number of ether oxygens (including phenoxy) is 1. The molecule has 37 heavy (non-hydrogen) atoms. The molecule has 0 spiro atoms. The van der Waals surface area contributed by atoms with Crippen LogP contribution in [0.15, 0.2) is 54.7 Å².